The van der Waals surface area contributed by atoms with E-state index in [1.807, 2.05) is 84.7 Å². The summed E-state index contributed by atoms with van der Waals surface area (Å²) in [5, 5.41) is 0. The molecule has 3 fully saturated rings. The van der Waals surface area contributed by atoms with Gasteiger partial charge in [0.2, 0.25) is 11.8 Å². The second kappa shape index (κ2) is 13.6. The van der Waals surface area contributed by atoms with E-state index in [2.05, 4.69) is 39.2 Å². The molecule has 2 saturated heterocycles. The number of nitrogens with zero attached hydrogens (tertiary/aromatic N) is 5. The lowest BCUT2D eigenvalue weighted by molar-refractivity contribution is -0.199. The number of benzene rings is 3. The number of likely N-dealkylation sites (N-methyl/N-ethyl adjacent to an activating group) is 1. The number of alkyl halides is 3. The summed E-state index contributed by atoms with van der Waals surface area (Å²) in [6, 6.07) is 25.1. The van der Waals surface area contributed by atoms with Crippen molar-refractivity contribution in [3.05, 3.63) is 108 Å². The molecule has 8 rings (SSSR count). The third-order valence-corrected chi connectivity index (χ3v) is 11.2. The molecule has 1 saturated carbocycles. The van der Waals surface area contributed by atoms with E-state index in [0.717, 1.165) is 57.9 Å². The lowest BCUT2D eigenvalue weighted by atomic mass is 10.0. The molecule has 1 aliphatic carbocycles. The van der Waals surface area contributed by atoms with E-state index in [0.29, 0.717) is 31.8 Å². The number of carbonyl (C=O) groups excluding carboxylic acids is 2. The van der Waals surface area contributed by atoms with Gasteiger partial charge in [-0.05, 0) is 80.4 Å². The summed E-state index contributed by atoms with van der Waals surface area (Å²) in [4.78, 5) is 48.2. The molecule has 0 bridgehead atoms. The maximum Gasteiger partial charge on any atom is 0.403 e. The number of hydrogen-bond donors (Lipinski definition) is 2. The Bertz CT molecular complexity index is 2090. The highest BCUT2D eigenvalue weighted by molar-refractivity contribution is 5.87. The molecule has 2 amide bonds. The van der Waals surface area contributed by atoms with Crippen LogP contribution in [0, 0.1) is 5.41 Å². The first-order valence-corrected chi connectivity index (χ1v) is 18.2. The van der Waals surface area contributed by atoms with E-state index in [4.69, 9.17) is 4.98 Å². The van der Waals surface area contributed by atoms with Gasteiger partial charge >= 0.3 is 6.18 Å². The first-order chi connectivity index (χ1) is 25.5. The Labute approximate surface area is 306 Å². The van der Waals surface area contributed by atoms with Crippen LogP contribution in [0.2, 0.25) is 0 Å². The highest BCUT2D eigenvalue weighted by Gasteiger charge is 2.70. The zero-order chi connectivity index (χ0) is 36.9. The molecule has 3 aliphatic rings. The van der Waals surface area contributed by atoms with Crippen LogP contribution in [-0.4, -0.2) is 79.8 Å². The second-order valence-electron chi connectivity index (χ2n) is 14.7. The summed E-state index contributed by atoms with van der Waals surface area (Å²) in [6.07, 6.45) is 1.69. The Morgan fingerprint density at radius 2 is 1.21 bits per heavy atom. The average molecular weight is 722 g/mol. The smallest absolute Gasteiger partial charge is 0.340 e. The Kier molecular flexibility index (Phi) is 8.96. The molecule has 3 atom stereocenters. The van der Waals surface area contributed by atoms with Gasteiger partial charge in [0.15, 0.2) is 0 Å². The minimum Gasteiger partial charge on any atom is -0.340 e. The van der Waals surface area contributed by atoms with Crippen molar-refractivity contribution in [2.24, 2.45) is 5.41 Å². The van der Waals surface area contributed by atoms with Crippen molar-refractivity contribution in [3.8, 4) is 33.6 Å². The highest BCUT2D eigenvalue weighted by Crippen LogP contribution is 2.59. The first-order valence-electron chi connectivity index (χ1n) is 18.2. The van der Waals surface area contributed by atoms with Crippen LogP contribution in [0.15, 0.2) is 91.3 Å². The van der Waals surface area contributed by atoms with Crippen LogP contribution >= 0.6 is 0 Å². The fourth-order valence-corrected chi connectivity index (χ4v) is 8.07. The first kappa shape index (κ1) is 34.8. The number of rotatable bonds is 9. The van der Waals surface area contributed by atoms with Crippen LogP contribution in [0.4, 0.5) is 13.2 Å². The zero-order valence-electron chi connectivity index (χ0n) is 29.7. The van der Waals surface area contributed by atoms with Gasteiger partial charge in [0.25, 0.3) is 0 Å². The van der Waals surface area contributed by atoms with E-state index in [-0.39, 0.29) is 30.8 Å². The number of aromatic nitrogens is 4. The van der Waals surface area contributed by atoms with Crippen molar-refractivity contribution in [1.82, 2.24) is 34.6 Å². The van der Waals surface area contributed by atoms with Gasteiger partial charge in [-0.15, -0.1) is 0 Å². The zero-order valence-corrected chi connectivity index (χ0v) is 29.7. The van der Waals surface area contributed by atoms with E-state index in [9.17, 15) is 22.8 Å². The molecule has 9 nitrogen and oxygen atoms in total. The maximum atomic E-state index is 13.9. The van der Waals surface area contributed by atoms with Crippen molar-refractivity contribution in [1.29, 1.82) is 0 Å². The molecular formula is C41H42F3N7O2. The molecule has 2 N–H and O–H groups in total. The molecule has 0 spiro atoms. The molecule has 274 valence electrons. The summed E-state index contributed by atoms with van der Waals surface area (Å²) in [5.74, 6) is 0.563. The fourth-order valence-electron chi connectivity index (χ4n) is 8.07. The molecule has 5 aromatic rings. The van der Waals surface area contributed by atoms with Gasteiger partial charge in [0.1, 0.15) is 23.1 Å². The van der Waals surface area contributed by atoms with Gasteiger partial charge in [0.05, 0.1) is 35.9 Å². The van der Waals surface area contributed by atoms with Gasteiger partial charge < -0.3 is 19.8 Å². The number of H-pyrrole nitrogens is 2. The van der Waals surface area contributed by atoms with Crippen LogP contribution in [0.25, 0.3) is 33.6 Å². The van der Waals surface area contributed by atoms with Crippen molar-refractivity contribution >= 4 is 11.8 Å². The van der Waals surface area contributed by atoms with Gasteiger partial charge in [0, 0.05) is 13.1 Å². The van der Waals surface area contributed by atoms with Crippen LogP contribution in [0.3, 0.4) is 0 Å². The lowest BCUT2D eigenvalue weighted by Crippen LogP contribution is -2.44. The molecule has 2 aliphatic heterocycles. The number of hydrogen-bond acceptors (Lipinski definition) is 5. The summed E-state index contributed by atoms with van der Waals surface area (Å²) in [6.45, 7) is 0.997. The van der Waals surface area contributed by atoms with Gasteiger partial charge in [-0.1, -0.05) is 78.9 Å². The summed E-state index contributed by atoms with van der Waals surface area (Å²) in [7, 11) is 3.87. The minimum absolute atomic E-state index is 0.0770. The van der Waals surface area contributed by atoms with Crippen molar-refractivity contribution in [3.63, 3.8) is 0 Å². The Morgan fingerprint density at radius 1 is 0.736 bits per heavy atom. The van der Waals surface area contributed by atoms with Crippen LogP contribution in [-0.2, 0) is 9.59 Å². The molecule has 53 heavy (non-hydrogen) atoms. The molecular weight excluding hydrogens is 679 g/mol. The van der Waals surface area contributed by atoms with Gasteiger partial charge in [-0.2, -0.15) is 13.2 Å². The Balaban J connectivity index is 0.932. The number of amides is 2. The third-order valence-electron chi connectivity index (χ3n) is 11.2. The fraction of sp³-hybridized carbons (Fsp3) is 0.366. The van der Waals surface area contributed by atoms with Crippen molar-refractivity contribution in [2.45, 2.75) is 62.8 Å². The highest BCUT2D eigenvalue weighted by atomic mass is 19.4. The SMILES string of the molecule is CN(C)[C@@H](C(=O)N1CCC[C@H]1c1ncc(-c2ccc(-c3ccc(-c4cnc([C@@H]5CCCN5C(=O)C5(C(F)(F)F)CC5)[nH]4)cc3)cc2)[nH]1)c1ccccc1. The van der Waals surface area contributed by atoms with Crippen molar-refractivity contribution < 1.29 is 22.8 Å². The van der Waals surface area contributed by atoms with E-state index in [1.165, 1.54) is 4.90 Å². The van der Waals surface area contributed by atoms with E-state index < -0.39 is 23.5 Å². The molecule has 4 heterocycles. The van der Waals surface area contributed by atoms with Crippen LogP contribution in [0.1, 0.15) is 73.9 Å². The number of imidazole rings is 2. The second-order valence-corrected chi connectivity index (χ2v) is 14.7. The number of likely N-dealkylation sites (tertiary alicyclic amines) is 2. The normalized spacial score (nSPS) is 20.3. The van der Waals surface area contributed by atoms with E-state index in [1.54, 1.807) is 6.20 Å². The van der Waals surface area contributed by atoms with E-state index >= 15 is 0 Å². The number of aromatic amines is 2. The number of nitrogens with one attached hydrogen (secondary N) is 2. The summed E-state index contributed by atoms with van der Waals surface area (Å²) >= 11 is 0. The molecule has 2 aromatic heterocycles. The lowest BCUT2D eigenvalue weighted by Gasteiger charge is -2.31. The standard InChI is InChI=1S/C41H42F3N7O2/c1-49(2)35(30-8-4-3-5-9-30)38(52)50-22-6-10-33(50)36-45-24-31(47-36)28-16-12-26(13-17-28)27-14-18-29(19-15-27)32-25-46-37(48-32)34-11-7-23-51(34)39(53)40(20-21-40)41(42,43)44/h3-5,8-9,12-19,24-25,33-35H,6-7,10-11,20-23H2,1-2H3,(H,45,47)(H,46,48)/t33-,34-,35+/m0/s1. The van der Waals surface area contributed by atoms with Crippen LogP contribution in [0.5, 0.6) is 0 Å². The predicted octanol–water partition coefficient (Wildman–Crippen LogP) is 8.11. The summed E-state index contributed by atoms with van der Waals surface area (Å²) in [5.41, 5.74) is 4.31. The minimum atomic E-state index is -4.53. The molecule has 12 heteroatoms. The topological polar surface area (TPSA) is 101 Å². The maximum absolute atomic E-state index is 13.9. The predicted molar refractivity (Wildman–Crippen MR) is 195 cm³/mol. The largest absolute Gasteiger partial charge is 0.403 e. The molecule has 3 aromatic carbocycles. The van der Waals surface area contributed by atoms with Crippen LogP contribution < -0.4 is 0 Å². The summed E-state index contributed by atoms with van der Waals surface area (Å²) < 4.78 is 41.1. The number of halogens is 3. The molecule has 0 unspecified atom stereocenters. The monoisotopic (exact) mass is 721 g/mol. The Hall–Kier alpha value is -5.23. The van der Waals surface area contributed by atoms with Gasteiger partial charge in [-0.3, -0.25) is 14.5 Å². The third kappa shape index (κ3) is 6.43. The average Bonchev–Trinajstić information content (AvgIpc) is 3.66. The quantitative estimate of drug-likeness (QED) is 0.160. The molecule has 0 radical (unpaired) electrons. The van der Waals surface area contributed by atoms with Crippen molar-refractivity contribution in [2.75, 3.05) is 27.2 Å². The number of carbonyl (C=O) groups is 2. The van der Waals surface area contributed by atoms with Gasteiger partial charge in [-0.25, -0.2) is 9.97 Å². The Morgan fingerprint density at radius 3 is 1.68 bits per heavy atom.